The normalized spacial score (nSPS) is 13.5. The average molecular weight is 349 g/mol. The van der Waals surface area contributed by atoms with Gasteiger partial charge in [0.05, 0.1) is 0 Å². The van der Waals surface area contributed by atoms with Gasteiger partial charge in [0.1, 0.15) is 5.92 Å². The molecule has 1 atom stereocenters. The van der Waals surface area contributed by atoms with Crippen molar-refractivity contribution in [2.45, 2.75) is 26.7 Å². The molecule has 1 aromatic carbocycles. The molecule has 0 saturated heterocycles. The van der Waals surface area contributed by atoms with Crippen LogP contribution in [0.5, 0.6) is 0 Å². The Bertz CT molecular complexity index is 749. The molecule has 0 aliphatic carbocycles. The highest BCUT2D eigenvalue weighted by Gasteiger charge is 2.11. The summed E-state index contributed by atoms with van der Waals surface area (Å²) in [4.78, 5) is 11.1. The van der Waals surface area contributed by atoms with Gasteiger partial charge in [0.25, 0.3) is 0 Å². The SMILES string of the molecule is C=C/C=C\C(=C/C(=C)/C(C)=C/C(C=N)C(=O)O)CCc1ccc(C)cc1. The Morgan fingerprint density at radius 2 is 1.96 bits per heavy atom. The first-order valence-corrected chi connectivity index (χ1v) is 8.53. The second-order valence-electron chi connectivity index (χ2n) is 6.21. The molecule has 3 nitrogen and oxygen atoms in total. The Hall–Kier alpha value is -2.94. The van der Waals surface area contributed by atoms with Crippen molar-refractivity contribution in [3.8, 4) is 0 Å². The number of aryl methyl sites for hydroxylation is 2. The fourth-order valence-corrected chi connectivity index (χ4v) is 2.34. The number of benzene rings is 1. The second kappa shape index (κ2) is 10.8. The second-order valence-corrected chi connectivity index (χ2v) is 6.21. The largest absolute Gasteiger partial charge is 0.481 e. The van der Waals surface area contributed by atoms with Crippen molar-refractivity contribution in [3.63, 3.8) is 0 Å². The van der Waals surface area contributed by atoms with E-state index in [0.717, 1.165) is 35.8 Å². The Kier molecular flexibility index (Phi) is 8.79. The summed E-state index contributed by atoms with van der Waals surface area (Å²) in [6.45, 7) is 11.6. The molecule has 0 aliphatic heterocycles. The van der Waals surface area contributed by atoms with Gasteiger partial charge in [-0.05, 0) is 49.0 Å². The summed E-state index contributed by atoms with van der Waals surface area (Å²) in [6.07, 6.45) is 11.8. The fraction of sp³-hybridized carbons (Fsp3) is 0.217. The minimum absolute atomic E-state index is 0.741. The molecule has 0 heterocycles. The molecular formula is C23H27NO2. The lowest BCUT2D eigenvalue weighted by atomic mass is 9.97. The number of hydrogen-bond acceptors (Lipinski definition) is 2. The molecule has 1 rings (SSSR count). The molecule has 26 heavy (non-hydrogen) atoms. The van der Waals surface area contributed by atoms with Crippen LogP contribution in [0.3, 0.4) is 0 Å². The van der Waals surface area contributed by atoms with Crippen LogP contribution in [0.4, 0.5) is 0 Å². The van der Waals surface area contributed by atoms with Gasteiger partial charge in [0, 0.05) is 6.21 Å². The third kappa shape index (κ3) is 7.31. The van der Waals surface area contributed by atoms with Crippen molar-refractivity contribution in [2.75, 3.05) is 0 Å². The Morgan fingerprint density at radius 3 is 2.50 bits per heavy atom. The number of hydrogen-bond donors (Lipinski definition) is 2. The molecule has 0 spiro atoms. The van der Waals surface area contributed by atoms with Gasteiger partial charge in [-0.2, -0.15) is 0 Å². The summed E-state index contributed by atoms with van der Waals surface area (Å²) in [5, 5.41) is 16.3. The van der Waals surface area contributed by atoms with E-state index in [1.54, 1.807) is 12.2 Å². The van der Waals surface area contributed by atoms with Gasteiger partial charge in [-0.3, -0.25) is 4.79 Å². The molecule has 136 valence electrons. The molecule has 0 aliphatic rings. The molecule has 0 saturated carbocycles. The van der Waals surface area contributed by atoms with Crippen molar-refractivity contribution >= 4 is 12.2 Å². The van der Waals surface area contributed by atoms with Crippen molar-refractivity contribution in [1.29, 1.82) is 5.41 Å². The van der Waals surface area contributed by atoms with Crippen LogP contribution in [0.2, 0.25) is 0 Å². The van der Waals surface area contributed by atoms with Crippen LogP contribution in [0, 0.1) is 18.3 Å². The van der Waals surface area contributed by atoms with E-state index in [1.807, 2.05) is 25.2 Å². The Balaban J connectivity index is 2.93. The number of carbonyl (C=O) groups is 1. The predicted molar refractivity (Wildman–Crippen MR) is 110 cm³/mol. The topological polar surface area (TPSA) is 61.2 Å². The van der Waals surface area contributed by atoms with Crippen LogP contribution < -0.4 is 0 Å². The molecule has 1 unspecified atom stereocenters. The summed E-state index contributed by atoms with van der Waals surface area (Å²) in [7, 11) is 0. The molecular weight excluding hydrogens is 322 g/mol. The minimum atomic E-state index is -1.04. The zero-order valence-electron chi connectivity index (χ0n) is 15.5. The summed E-state index contributed by atoms with van der Waals surface area (Å²) in [5.41, 5.74) is 5.09. The maximum Gasteiger partial charge on any atom is 0.315 e. The number of nitrogens with one attached hydrogen (secondary N) is 1. The summed E-state index contributed by atoms with van der Waals surface area (Å²) in [5.74, 6) is -1.97. The van der Waals surface area contributed by atoms with Crippen LogP contribution in [0.25, 0.3) is 0 Å². The standard InChI is InChI=1S/C23H27NO2/c1-5-6-7-21(13-12-20-10-8-17(2)9-11-20)14-18(3)19(4)15-22(16-24)23(25)26/h5-11,14-16,22,24H,1,3,12-13H2,2,4H3,(H,25,26)/b7-6-,19-15+,21-14+,24-16?. The smallest absolute Gasteiger partial charge is 0.315 e. The molecule has 0 fully saturated rings. The highest BCUT2D eigenvalue weighted by Crippen LogP contribution is 2.18. The van der Waals surface area contributed by atoms with E-state index >= 15 is 0 Å². The molecule has 0 bridgehead atoms. The van der Waals surface area contributed by atoms with E-state index in [9.17, 15) is 4.79 Å². The molecule has 3 heteroatoms. The Morgan fingerprint density at radius 1 is 1.31 bits per heavy atom. The monoisotopic (exact) mass is 349 g/mol. The molecule has 0 amide bonds. The van der Waals surface area contributed by atoms with Crippen LogP contribution in [-0.4, -0.2) is 17.3 Å². The van der Waals surface area contributed by atoms with Crippen molar-refractivity contribution in [1.82, 2.24) is 0 Å². The van der Waals surface area contributed by atoms with Gasteiger partial charge < -0.3 is 10.5 Å². The van der Waals surface area contributed by atoms with Gasteiger partial charge in [0.2, 0.25) is 0 Å². The van der Waals surface area contributed by atoms with Crippen LogP contribution >= 0.6 is 0 Å². The predicted octanol–water partition coefficient (Wildman–Crippen LogP) is 5.45. The number of rotatable bonds is 10. The highest BCUT2D eigenvalue weighted by molar-refractivity contribution is 5.89. The van der Waals surface area contributed by atoms with E-state index in [4.69, 9.17) is 10.5 Å². The summed E-state index contributed by atoms with van der Waals surface area (Å²) < 4.78 is 0. The summed E-state index contributed by atoms with van der Waals surface area (Å²) >= 11 is 0. The van der Waals surface area contributed by atoms with Crippen LogP contribution in [0.15, 0.2) is 84.5 Å². The lowest BCUT2D eigenvalue weighted by molar-refractivity contribution is -0.137. The maximum absolute atomic E-state index is 11.1. The number of allylic oxidation sites excluding steroid dienone is 7. The molecule has 0 aromatic heterocycles. The number of carboxylic acid groups (broad SMARTS) is 1. The third-order valence-corrected chi connectivity index (χ3v) is 4.03. The van der Waals surface area contributed by atoms with Gasteiger partial charge in [-0.1, -0.05) is 73.4 Å². The summed E-state index contributed by atoms with van der Waals surface area (Å²) in [6, 6.07) is 8.47. The molecule has 2 N–H and O–H groups in total. The lowest BCUT2D eigenvalue weighted by Crippen LogP contribution is -2.12. The first-order valence-electron chi connectivity index (χ1n) is 8.53. The first-order chi connectivity index (χ1) is 12.4. The zero-order chi connectivity index (χ0) is 19.5. The van der Waals surface area contributed by atoms with Crippen LogP contribution in [0.1, 0.15) is 24.5 Å². The molecule has 0 radical (unpaired) electrons. The van der Waals surface area contributed by atoms with Gasteiger partial charge in [0.15, 0.2) is 0 Å². The van der Waals surface area contributed by atoms with E-state index < -0.39 is 11.9 Å². The molecule has 1 aromatic rings. The minimum Gasteiger partial charge on any atom is -0.481 e. The van der Waals surface area contributed by atoms with Gasteiger partial charge in [-0.25, -0.2) is 0 Å². The lowest BCUT2D eigenvalue weighted by Gasteiger charge is -2.08. The number of aliphatic carboxylic acids is 1. The van der Waals surface area contributed by atoms with E-state index in [2.05, 4.69) is 44.3 Å². The third-order valence-electron chi connectivity index (χ3n) is 4.03. The fourth-order valence-electron chi connectivity index (χ4n) is 2.34. The quantitative estimate of drug-likeness (QED) is 0.436. The van der Waals surface area contributed by atoms with Crippen molar-refractivity contribution in [3.05, 3.63) is 95.6 Å². The maximum atomic E-state index is 11.1. The first kappa shape index (κ1) is 21.1. The highest BCUT2D eigenvalue weighted by atomic mass is 16.4. The van der Waals surface area contributed by atoms with E-state index in [-0.39, 0.29) is 0 Å². The van der Waals surface area contributed by atoms with Gasteiger partial charge >= 0.3 is 5.97 Å². The van der Waals surface area contributed by atoms with Crippen molar-refractivity contribution in [2.24, 2.45) is 5.92 Å². The number of carboxylic acids is 1. The van der Waals surface area contributed by atoms with Crippen LogP contribution in [-0.2, 0) is 11.2 Å². The zero-order valence-corrected chi connectivity index (χ0v) is 15.5. The Labute approximate surface area is 156 Å². The van der Waals surface area contributed by atoms with Crippen molar-refractivity contribution < 1.29 is 9.90 Å². The van der Waals surface area contributed by atoms with E-state index in [1.165, 1.54) is 11.1 Å². The average Bonchev–Trinajstić information content (AvgIpc) is 2.62. The van der Waals surface area contributed by atoms with Gasteiger partial charge in [-0.15, -0.1) is 0 Å². The van der Waals surface area contributed by atoms with E-state index in [0.29, 0.717) is 0 Å².